The molecule has 1 saturated heterocycles. The first kappa shape index (κ1) is 25.2. The number of nitrogens with one attached hydrogen (secondary N) is 3. The topological polar surface area (TPSA) is 110 Å². The van der Waals surface area contributed by atoms with Crippen LogP contribution in [0.5, 0.6) is 0 Å². The molecule has 1 aliphatic heterocycles. The van der Waals surface area contributed by atoms with Crippen LogP contribution in [0.25, 0.3) is 21.9 Å². The molecule has 0 atom stereocenters. The highest BCUT2D eigenvalue weighted by atomic mass is 32.2. The third-order valence-corrected chi connectivity index (χ3v) is 7.74. The van der Waals surface area contributed by atoms with Crippen LogP contribution < -0.4 is 10.6 Å². The number of carbonyl (C=O) groups excluding carboxylic acids is 2. The summed E-state index contributed by atoms with van der Waals surface area (Å²) in [5.74, 6) is 1.36. The monoisotopic (exact) mass is 521 g/mol. The van der Waals surface area contributed by atoms with Crippen LogP contribution in [0.1, 0.15) is 28.9 Å². The molecule has 1 aliphatic rings. The second-order valence-electron chi connectivity index (χ2n) is 9.08. The van der Waals surface area contributed by atoms with Gasteiger partial charge in [0, 0.05) is 42.2 Å². The molecular weight excluding hydrogens is 490 g/mol. The highest BCUT2D eigenvalue weighted by Gasteiger charge is 2.26. The fourth-order valence-corrected chi connectivity index (χ4v) is 6.02. The molecule has 3 N–H and O–H groups in total. The minimum atomic E-state index is -0.538. The Bertz CT molecular complexity index is 1420. The Hall–Kier alpha value is -3.50. The van der Waals surface area contributed by atoms with Crippen molar-refractivity contribution in [2.45, 2.75) is 31.8 Å². The summed E-state index contributed by atoms with van der Waals surface area (Å²) < 4.78 is 12.0. The summed E-state index contributed by atoms with van der Waals surface area (Å²) in [5.41, 5.74) is 4.31. The van der Waals surface area contributed by atoms with Gasteiger partial charge in [-0.25, -0.2) is 9.78 Å². The minimum Gasteiger partial charge on any atom is -0.464 e. The average Bonchev–Trinajstić information content (AvgIpc) is 3.46. The van der Waals surface area contributed by atoms with Crippen molar-refractivity contribution in [2.75, 3.05) is 43.0 Å². The molecule has 4 aromatic rings. The van der Waals surface area contributed by atoms with Gasteiger partial charge in [0.05, 0.1) is 24.7 Å². The number of para-hydroxylation sites is 1. The van der Waals surface area contributed by atoms with Crippen molar-refractivity contribution >= 4 is 56.9 Å². The predicted molar refractivity (Wildman–Crippen MR) is 148 cm³/mol. The molecule has 4 heterocycles. The maximum atomic E-state index is 13.1. The summed E-state index contributed by atoms with van der Waals surface area (Å²) in [6, 6.07) is 10.4. The van der Waals surface area contributed by atoms with Gasteiger partial charge in [-0.15, -0.1) is 0 Å². The van der Waals surface area contributed by atoms with E-state index in [-0.39, 0.29) is 18.2 Å². The summed E-state index contributed by atoms with van der Waals surface area (Å²) in [6.07, 6.45) is 6.62. The maximum absolute atomic E-state index is 13.1. The van der Waals surface area contributed by atoms with Gasteiger partial charge >= 0.3 is 5.97 Å². The number of methoxy groups -OCH3 is 2. The maximum Gasteiger partial charge on any atom is 0.356 e. The van der Waals surface area contributed by atoms with Crippen LogP contribution in [0.3, 0.4) is 0 Å². The summed E-state index contributed by atoms with van der Waals surface area (Å²) in [5, 5.41) is 8.28. The van der Waals surface area contributed by atoms with Crippen molar-refractivity contribution < 1.29 is 19.1 Å². The molecule has 1 amide bonds. The van der Waals surface area contributed by atoms with E-state index < -0.39 is 5.97 Å². The quantitative estimate of drug-likeness (QED) is 0.279. The first-order valence-electron chi connectivity index (χ1n) is 12.4. The molecule has 194 valence electrons. The molecule has 0 bridgehead atoms. The number of amides is 1. The Morgan fingerprint density at radius 2 is 2.00 bits per heavy atom. The number of aryl methyl sites for hydroxylation is 2. The fraction of sp³-hybridized carbons (Fsp3) is 0.370. The molecular formula is C27H31N5O4S. The Morgan fingerprint density at radius 1 is 1.19 bits per heavy atom. The van der Waals surface area contributed by atoms with Gasteiger partial charge in [-0.05, 0) is 48.5 Å². The number of ether oxygens (including phenoxy) is 2. The first-order chi connectivity index (χ1) is 18.1. The molecule has 3 aromatic heterocycles. The predicted octanol–water partition coefficient (Wildman–Crippen LogP) is 4.44. The van der Waals surface area contributed by atoms with Crippen LogP contribution in [0, 0.1) is 0 Å². The molecule has 5 rings (SSSR count). The van der Waals surface area contributed by atoms with Gasteiger partial charge in [0.2, 0.25) is 5.91 Å². The van der Waals surface area contributed by atoms with E-state index in [0.29, 0.717) is 35.7 Å². The van der Waals surface area contributed by atoms with Gasteiger partial charge in [0.15, 0.2) is 5.69 Å². The smallest absolute Gasteiger partial charge is 0.356 e. The van der Waals surface area contributed by atoms with E-state index in [0.717, 1.165) is 46.5 Å². The van der Waals surface area contributed by atoms with E-state index in [2.05, 4.69) is 21.7 Å². The zero-order valence-corrected chi connectivity index (χ0v) is 21.8. The van der Waals surface area contributed by atoms with Gasteiger partial charge in [0.1, 0.15) is 12.3 Å². The minimum absolute atomic E-state index is 0.131. The summed E-state index contributed by atoms with van der Waals surface area (Å²) >= 11 is 1.97. The normalized spacial score (nSPS) is 14.2. The fourth-order valence-electron chi connectivity index (χ4n) is 4.91. The van der Waals surface area contributed by atoms with Crippen molar-refractivity contribution in [1.82, 2.24) is 14.5 Å². The number of aromatic nitrogens is 3. The average molecular weight is 522 g/mol. The summed E-state index contributed by atoms with van der Waals surface area (Å²) in [4.78, 5) is 33.7. The van der Waals surface area contributed by atoms with Crippen LogP contribution in [0.15, 0.2) is 42.7 Å². The van der Waals surface area contributed by atoms with E-state index >= 15 is 0 Å². The number of hydrogen-bond acceptors (Lipinski definition) is 7. The lowest BCUT2D eigenvalue weighted by molar-refractivity contribution is -0.119. The summed E-state index contributed by atoms with van der Waals surface area (Å²) in [6.45, 7) is 0.344. The lowest BCUT2D eigenvalue weighted by atomic mass is 10.1. The standard InChI is InChI=1S/C27H31N5O4S/c1-35-16-23(33)31-24-21-13-19(30-18-8-11-37-12-9-18)15-29-26(21)32(25(24)27(34)36-2)10-7-17-14-28-22-6-4-3-5-20(17)22/h3-6,13-15,18,28,30H,7-12,16H2,1-2H3,(H,31,33). The van der Waals surface area contributed by atoms with Gasteiger partial charge in [-0.2, -0.15) is 11.8 Å². The van der Waals surface area contributed by atoms with Crippen molar-refractivity contribution in [3.8, 4) is 0 Å². The van der Waals surface area contributed by atoms with E-state index in [9.17, 15) is 9.59 Å². The highest BCUT2D eigenvalue weighted by molar-refractivity contribution is 7.99. The second-order valence-corrected chi connectivity index (χ2v) is 10.3. The molecule has 0 unspecified atom stereocenters. The zero-order valence-electron chi connectivity index (χ0n) is 21.0. The Balaban J connectivity index is 1.56. The van der Waals surface area contributed by atoms with E-state index in [4.69, 9.17) is 14.5 Å². The van der Waals surface area contributed by atoms with Crippen LogP contribution in [0.2, 0.25) is 0 Å². The highest BCUT2D eigenvalue weighted by Crippen LogP contribution is 2.34. The van der Waals surface area contributed by atoms with Crippen LogP contribution in [0.4, 0.5) is 11.4 Å². The molecule has 1 fully saturated rings. The van der Waals surface area contributed by atoms with E-state index in [1.54, 1.807) is 6.20 Å². The van der Waals surface area contributed by atoms with Crippen molar-refractivity contribution in [3.05, 3.63) is 54.0 Å². The number of benzene rings is 1. The molecule has 0 spiro atoms. The lowest BCUT2D eigenvalue weighted by Gasteiger charge is -2.23. The second kappa shape index (κ2) is 11.3. The Labute approximate surface area is 219 Å². The van der Waals surface area contributed by atoms with E-state index in [1.807, 2.05) is 46.8 Å². The Kier molecular flexibility index (Phi) is 7.66. The molecule has 0 radical (unpaired) electrons. The number of carbonyl (C=O) groups is 2. The SMILES string of the molecule is COCC(=O)Nc1c(C(=O)OC)n(CCc2c[nH]c3ccccc23)c2ncc(NC3CCSCC3)cc12. The van der Waals surface area contributed by atoms with Gasteiger partial charge < -0.3 is 29.7 Å². The van der Waals surface area contributed by atoms with Gasteiger partial charge in [0.25, 0.3) is 0 Å². The first-order valence-corrected chi connectivity index (χ1v) is 13.5. The van der Waals surface area contributed by atoms with Crippen LogP contribution >= 0.6 is 11.8 Å². The molecule has 37 heavy (non-hydrogen) atoms. The molecule has 9 nitrogen and oxygen atoms in total. The van der Waals surface area contributed by atoms with Crippen molar-refractivity contribution in [1.29, 1.82) is 0 Å². The number of pyridine rings is 1. The van der Waals surface area contributed by atoms with Crippen LogP contribution in [-0.2, 0) is 27.2 Å². The van der Waals surface area contributed by atoms with Crippen LogP contribution in [-0.4, -0.2) is 64.8 Å². The number of anilines is 2. The van der Waals surface area contributed by atoms with E-state index in [1.165, 1.54) is 14.2 Å². The number of fused-ring (bicyclic) bond motifs is 2. The molecule has 10 heteroatoms. The summed E-state index contributed by atoms with van der Waals surface area (Å²) in [7, 11) is 2.80. The van der Waals surface area contributed by atoms with Crippen molar-refractivity contribution in [3.63, 3.8) is 0 Å². The van der Waals surface area contributed by atoms with Crippen molar-refractivity contribution in [2.24, 2.45) is 0 Å². The molecule has 0 saturated carbocycles. The Morgan fingerprint density at radius 3 is 2.78 bits per heavy atom. The number of aromatic amines is 1. The number of esters is 1. The third-order valence-electron chi connectivity index (χ3n) is 6.69. The largest absolute Gasteiger partial charge is 0.464 e. The van der Waals surface area contributed by atoms with Gasteiger partial charge in [-0.1, -0.05) is 18.2 Å². The third kappa shape index (κ3) is 5.30. The lowest BCUT2D eigenvalue weighted by Crippen LogP contribution is -2.24. The number of rotatable bonds is 9. The number of hydrogen-bond donors (Lipinski definition) is 3. The number of H-pyrrole nitrogens is 1. The molecule has 1 aromatic carbocycles. The van der Waals surface area contributed by atoms with Gasteiger partial charge in [-0.3, -0.25) is 4.79 Å². The number of thioether (sulfide) groups is 1. The zero-order chi connectivity index (χ0) is 25.8. The number of nitrogens with zero attached hydrogens (tertiary/aromatic N) is 2. The molecule has 0 aliphatic carbocycles.